The van der Waals surface area contributed by atoms with E-state index in [1.54, 1.807) is 0 Å². The monoisotopic (exact) mass is 377 g/mol. The van der Waals surface area contributed by atoms with Gasteiger partial charge >= 0.3 is 5.69 Å². The SMILES string of the molecule is Cc1cn(C2CC(O)C(CNC(=O)COS(C)(=O)=O)O2)c(=O)[nH]c1=O. The van der Waals surface area contributed by atoms with E-state index in [-0.39, 0.29) is 13.0 Å². The summed E-state index contributed by atoms with van der Waals surface area (Å²) in [7, 11) is -3.73. The Morgan fingerprint density at radius 3 is 2.84 bits per heavy atom. The minimum Gasteiger partial charge on any atom is -0.390 e. The average Bonchev–Trinajstić information content (AvgIpc) is 2.87. The predicted molar refractivity (Wildman–Crippen MR) is 84.4 cm³/mol. The summed E-state index contributed by atoms with van der Waals surface area (Å²) in [5, 5.41) is 12.4. The van der Waals surface area contributed by atoms with Gasteiger partial charge in [-0.2, -0.15) is 8.42 Å². The summed E-state index contributed by atoms with van der Waals surface area (Å²) in [6.07, 6.45) is -0.317. The van der Waals surface area contributed by atoms with E-state index in [9.17, 15) is 27.9 Å². The highest BCUT2D eigenvalue weighted by Crippen LogP contribution is 2.27. The average molecular weight is 377 g/mol. The maximum Gasteiger partial charge on any atom is 0.330 e. The van der Waals surface area contributed by atoms with Crippen molar-refractivity contribution >= 4 is 16.0 Å². The molecule has 0 radical (unpaired) electrons. The number of aromatic amines is 1. The first-order valence-corrected chi connectivity index (χ1v) is 9.15. The number of rotatable bonds is 6. The van der Waals surface area contributed by atoms with Gasteiger partial charge in [0.15, 0.2) is 0 Å². The molecule has 0 bridgehead atoms. The number of H-pyrrole nitrogens is 1. The van der Waals surface area contributed by atoms with Crippen LogP contribution in [0.3, 0.4) is 0 Å². The Morgan fingerprint density at radius 2 is 2.20 bits per heavy atom. The number of amides is 1. The number of aliphatic hydroxyl groups excluding tert-OH is 1. The van der Waals surface area contributed by atoms with E-state index in [0.717, 1.165) is 10.8 Å². The molecule has 1 aliphatic heterocycles. The van der Waals surface area contributed by atoms with Gasteiger partial charge in [0.25, 0.3) is 15.7 Å². The summed E-state index contributed by atoms with van der Waals surface area (Å²) >= 11 is 0. The molecule has 1 aliphatic rings. The van der Waals surface area contributed by atoms with Gasteiger partial charge in [-0.1, -0.05) is 0 Å². The number of hydrogen-bond acceptors (Lipinski definition) is 8. The molecule has 25 heavy (non-hydrogen) atoms. The third-order valence-corrected chi connectivity index (χ3v) is 4.11. The van der Waals surface area contributed by atoms with Crippen molar-refractivity contribution in [2.45, 2.75) is 31.8 Å². The van der Waals surface area contributed by atoms with Crippen molar-refractivity contribution in [2.75, 3.05) is 19.4 Å². The van der Waals surface area contributed by atoms with Crippen LogP contribution in [-0.4, -0.2) is 60.6 Å². The van der Waals surface area contributed by atoms with Crippen LogP contribution in [0.1, 0.15) is 18.2 Å². The standard InChI is InChI=1S/C13H19N3O8S/c1-7-5-16(13(20)15-12(7)19)11-3-8(17)9(24-11)4-14-10(18)6-23-25(2,21)22/h5,8-9,11,17H,3-4,6H2,1-2H3,(H,14,18)(H,15,19,20). The Balaban J connectivity index is 1.95. The minimum atomic E-state index is -3.73. The maximum atomic E-state index is 11.8. The zero-order valence-corrected chi connectivity index (χ0v) is 14.4. The van der Waals surface area contributed by atoms with Crippen molar-refractivity contribution in [2.24, 2.45) is 0 Å². The number of carbonyl (C=O) groups is 1. The third kappa shape index (κ3) is 5.22. The van der Waals surface area contributed by atoms with E-state index in [1.807, 2.05) is 0 Å². The Kier molecular flexibility index (Phi) is 5.77. The number of ether oxygens (including phenoxy) is 1. The zero-order valence-electron chi connectivity index (χ0n) is 13.6. The van der Waals surface area contributed by atoms with Crippen molar-refractivity contribution in [3.63, 3.8) is 0 Å². The molecule has 0 saturated carbocycles. The zero-order chi connectivity index (χ0) is 18.8. The van der Waals surface area contributed by atoms with Gasteiger partial charge in [-0.25, -0.2) is 4.79 Å². The first-order chi connectivity index (χ1) is 11.6. The van der Waals surface area contributed by atoms with Gasteiger partial charge in [-0.3, -0.25) is 23.3 Å². The minimum absolute atomic E-state index is 0.0891. The molecule has 3 atom stereocenters. The number of hydrogen-bond donors (Lipinski definition) is 3. The Bertz CT molecular complexity index is 859. The van der Waals surface area contributed by atoms with E-state index in [1.165, 1.54) is 13.1 Å². The quantitative estimate of drug-likeness (QED) is 0.463. The second-order valence-electron chi connectivity index (χ2n) is 5.68. The number of nitrogens with zero attached hydrogens (tertiary/aromatic N) is 1. The van der Waals surface area contributed by atoms with E-state index in [4.69, 9.17) is 4.74 Å². The Hall–Kier alpha value is -2.02. The molecule has 0 aliphatic carbocycles. The van der Waals surface area contributed by atoms with Crippen LogP contribution in [-0.2, 0) is 23.8 Å². The van der Waals surface area contributed by atoms with Gasteiger partial charge in [-0.15, -0.1) is 0 Å². The van der Waals surface area contributed by atoms with Crippen LogP contribution in [0.25, 0.3) is 0 Å². The van der Waals surface area contributed by atoms with E-state index in [2.05, 4.69) is 14.5 Å². The van der Waals surface area contributed by atoms with Crippen LogP contribution in [0.5, 0.6) is 0 Å². The topological polar surface area (TPSA) is 157 Å². The normalized spacial score (nSPS) is 23.6. The predicted octanol–water partition coefficient (Wildman–Crippen LogP) is -2.41. The number of nitrogens with one attached hydrogen (secondary N) is 2. The van der Waals surface area contributed by atoms with E-state index in [0.29, 0.717) is 5.56 Å². The smallest absolute Gasteiger partial charge is 0.330 e. The number of aryl methyl sites for hydroxylation is 1. The fourth-order valence-corrected chi connectivity index (χ4v) is 2.62. The lowest BCUT2D eigenvalue weighted by Crippen LogP contribution is -2.39. The lowest BCUT2D eigenvalue weighted by Gasteiger charge is -2.16. The molecule has 140 valence electrons. The van der Waals surface area contributed by atoms with Crippen LogP contribution >= 0.6 is 0 Å². The van der Waals surface area contributed by atoms with Gasteiger partial charge in [-0.05, 0) is 6.92 Å². The molecule has 1 saturated heterocycles. The summed E-state index contributed by atoms with van der Waals surface area (Å²) in [5.74, 6) is -0.693. The van der Waals surface area contributed by atoms with Gasteiger partial charge in [0.1, 0.15) is 18.9 Å². The van der Waals surface area contributed by atoms with Gasteiger partial charge < -0.3 is 15.2 Å². The van der Waals surface area contributed by atoms with Gasteiger partial charge in [0.05, 0.1) is 12.4 Å². The molecule has 1 aromatic heterocycles. The molecule has 2 rings (SSSR count). The number of carbonyl (C=O) groups excluding carboxylic acids is 1. The Labute approximate surface area is 142 Å². The van der Waals surface area contributed by atoms with Crippen molar-refractivity contribution in [3.8, 4) is 0 Å². The molecule has 11 nitrogen and oxygen atoms in total. The van der Waals surface area contributed by atoms with Crippen molar-refractivity contribution in [1.29, 1.82) is 0 Å². The molecule has 1 aromatic rings. The summed E-state index contributed by atoms with van der Waals surface area (Å²) in [6, 6.07) is 0. The third-order valence-electron chi connectivity index (χ3n) is 3.56. The van der Waals surface area contributed by atoms with Gasteiger partial charge in [0.2, 0.25) is 5.91 Å². The van der Waals surface area contributed by atoms with E-state index < -0.39 is 52.3 Å². The largest absolute Gasteiger partial charge is 0.390 e. The highest BCUT2D eigenvalue weighted by atomic mass is 32.2. The first-order valence-electron chi connectivity index (χ1n) is 7.33. The molecular weight excluding hydrogens is 358 g/mol. The lowest BCUT2D eigenvalue weighted by atomic mass is 10.2. The van der Waals surface area contributed by atoms with Crippen LogP contribution in [0.2, 0.25) is 0 Å². The first kappa shape index (κ1) is 19.3. The van der Waals surface area contributed by atoms with Crippen LogP contribution in [0.15, 0.2) is 15.8 Å². The maximum absolute atomic E-state index is 11.8. The summed E-state index contributed by atoms with van der Waals surface area (Å²) in [4.78, 5) is 36.9. The fourth-order valence-electron chi connectivity index (χ4n) is 2.30. The molecule has 0 aromatic carbocycles. The summed E-state index contributed by atoms with van der Waals surface area (Å²) < 4.78 is 32.7. The fraction of sp³-hybridized carbons (Fsp3) is 0.615. The van der Waals surface area contributed by atoms with Crippen molar-refractivity contribution in [1.82, 2.24) is 14.9 Å². The molecule has 1 amide bonds. The lowest BCUT2D eigenvalue weighted by molar-refractivity contribution is -0.124. The second kappa shape index (κ2) is 7.47. The number of aliphatic hydroxyl groups is 1. The molecule has 3 N–H and O–H groups in total. The Morgan fingerprint density at radius 1 is 1.52 bits per heavy atom. The van der Waals surface area contributed by atoms with Crippen LogP contribution in [0.4, 0.5) is 0 Å². The highest BCUT2D eigenvalue weighted by Gasteiger charge is 2.35. The molecule has 1 fully saturated rings. The van der Waals surface area contributed by atoms with Crippen LogP contribution < -0.4 is 16.6 Å². The summed E-state index contributed by atoms with van der Waals surface area (Å²) in [6.45, 7) is 0.754. The molecule has 3 unspecified atom stereocenters. The van der Waals surface area contributed by atoms with Crippen LogP contribution in [0, 0.1) is 6.92 Å². The van der Waals surface area contributed by atoms with Gasteiger partial charge in [0, 0.05) is 24.7 Å². The summed E-state index contributed by atoms with van der Waals surface area (Å²) in [5.41, 5.74) is -0.860. The molecule has 12 heteroatoms. The second-order valence-corrected chi connectivity index (χ2v) is 7.33. The van der Waals surface area contributed by atoms with Crippen molar-refractivity contribution < 1.29 is 27.2 Å². The highest BCUT2D eigenvalue weighted by molar-refractivity contribution is 7.86. The van der Waals surface area contributed by atoms with E-state index >= 15 is 0 Å². The molecule has 2 heterocycles. The molecular formula is C13H19N3O8S. The molecule has 0 spiro atoms. The van der Waals surface area contributed by atoms with Crippen molar-refractivity contribution in [3.05, 3.63) is 32.6 Å². The number of aromatic nitrogens is 2.